The number of benzene rings is 1. The van der Waals surface area contributed by atoms with Crippen molar-refractivity contribution in [2.75, 3.05) is 0 Å². The van der Waals surface area contributed by atoms with Gasteiger partial charge in [0.15, 0.2) is 6.19 Å². The van der Waals surface area contributed by atoms with Crippen LogP contribution in [0, 0.1) is 11.5 Å². The van der Waals surface area contributed by atoms with E-state index in [1.807, 2.05) is 0 Å². The van der Waals surface area contributed by atoms with Crippen LogP contribution in [0.4, 0.5) is 0 Å². The number of nitriles is 1. The quantitative estimate of drug-likeness (QED) is 0.480. The van der Waals surface area contributed by atoms with Crippen molar-refractivity contribution >= 4 is 11.9 Å². The molecule has 0 spiro atoms. The number of hydrogen-bond acceptors (Lipinski definition) is 5. The Bertz CT molecular complexity index is 518. The zero-order valence-electron chi connectivity index (χ0n) is 8.84. The van der Waals surface area contributed by atoms with E-state index in [1.165, 1.54) is 6.07 Å². The van der Waals surface area contributed by atoms with E-state index in [0.717, 1.165) is 0 Å². The molecule has 86 valence electrons. The van der Waals surface area contributed by atoms with Gasteiger partial charge in [0.2, 0.25) is 11.9 Å². The molecular weight excluding hydrogens is 220 g/mol. The van der Waals surface area contributed by atoms with Crippen molar-refractivity contribution in [3.8, 4) is 11.9 Å². The second kappa shape index (κ2) is 4.53. The predicted octanol–water partition coefficient (Wildman–Crippen LogP) is 0.380. The van der Waals surface area contributed by atoms with Crippen LogP contribution in [0.2, 0.25) is 0 Å². The SMILES string of the molecule is N#CNC1=NC(c2ccccc2O)CC(=O)N1. The highest BCUT2D eigenvalue weighted by Gasteiger charge is 2.24. The zero-order chi connectivity index (χ0) is 12.3. The maximum absolute atomic E-state index is 11.4. The van der Waals surface area contributed by atoms with E-state index in [0.29, 0.717) is 5.56 Å². The third-order valence-electron chi connectivity index (χ3n) is 2.39. The minimum Gasteiger partial charge on any atom is -0.508 e. The summed E-state index contributed by atoms with van der Waals surface area (Å²) in [6.07, 6.45) is 1.83. The topological polar surface area (TPSA) is 97.5 Å². The van der Waals surface area contributed by atoms with Crippen molar-refractivity contribution in [1.82, 2.24) is 10.6 Å². The molecule has 1 aromatic rings. The molecule has 6 heteroatoms. The Morgan fingerprint density at radius 1 is 1.53 bits per heavy atom. The predicted molar refractivity (Wildman–Crippen MR) is 59.8 cm³/mol. The number of amides is 1. The first-order valence-corrected chi connectivity index (χ1v) is 5.01. The van der Waals surface area contributed by atoms with E-state index in [4.69, 9.17) is 5.26 Å². The highest BCUT2D eigenvalue weighted by atomic mass is 16.3. The van der Waals surface area contributed by atoms with Crippen LogP contribution in [0.5, 0.6) is 5.75 Å². The molecule has 3 N–H and O–H groups in total. The molecule has 1 aromatic carbocycles. The number of aliphatic imine (C=N–C) groups is 1. The van der Waals surface area contributed by atoms with Gasteiger partial charge in [-0.3, -0.25) is 15.4 Å². The van der Waals surface area contributed by atoms with Crippen LogP contribution in [-0.2, 0) is 4.79 Å². The number of carbonyl (C=O) groups is 1. The molecule has 0 fully saturated rings. The first-order valence-electron chi connectivity index (χ1n) is 5.01. The number of para-hydroxylation sites is 1. The fourth-order valence-electron chi connectivity index (χ4n) is 1.66. The molecule has 0 saturated carbocycles. The summed E-state index contributed by atoms with van der Waals surface area (Å²) in [6.45, 7) is 0. The monoisotopic (exact) mass is 230 g/mol. The second-order valence-corrected chi connectivity index (χ2v) is 3.54. The van der Waals surface area contributed by atoms with Gasteiger partial charge in [-0.15, -0.1) is 0 Å². The van der Waals surface area contributed by atoms with Gasteiger partial charge in [0.1, 0.15) is 5.75 Å². The lowest BCUT2D eigenvalue weighted by Crippen LogP contribution is -2.42. The van der Waals surface area contributed by atoms with Crippen molar-refractivity contribution in [2.45, 2.75) is 12.5 Å². The molecule has 2 rings (SSSR count). The summed E-state index contributed by atoms with van der Waals surface area (Å²) < 4.78 is 0. The fourth-order valence-corrected chi connectivity index (χ4v) is 1.66. The number of nitrogens with one attached hydrogen (secondary N) is 2. The minimum absolute atomic E-state index is 0.0901. The molecule has 1 amide bonds. The van der Waals surface area contributed by atoms with Gasteiger partial charge in [-0.2, -0.15) is 5.26 Å². The summed E-state index contributed by atoms with van der Waals surface area (Å²) >= 11 is 0. The standard InChI is InChI=1S/C11H10N4O2/c12-6-13-11-14-8(5-10(17)15-11)7-3-1-2-4-9(7)16/h1-4,8,16H,5H2,(H2,13,14,15,17). The van der Waals surface area contributed by atoms with E-state index in [9.17, 15) is 9.90 Å². The van der Waals surface area contributed by atoms with Crippen molar-refractivity contribution in [1.29, 1.82) is 5.26 Å². The first kappa shape index (κ1) is 11.0. The largest absolute Gasteiger partial charge is 0.508 e. The van der Waals surface area contributed by atoms with Crippen LogP contribution >= 0.6 is 0 Å². The van der Waals surface area contributed by atoms with Gasteiger partial charge in [0.05, 0.1) is 12.5 Å². The lowest BCUT2D eigenvalue weighted by molar-refractivity contribution is -0.120. The first-order chi connectivity index (χ1) is 8.20. The number of phenolic OH excluding ortho intramolecular Hbond substituents is 1. The van der Waals surface area contributed by atoms with Gasteiger partial charge >= 0.3 is 0 Å². The number of hydrogen-bond donors (Lipinski definition) is 3. The Morgan fingerprint density at radius 2 is 2.29 bits per heavy atom. The number of rotatable bonds is 1. The molecule has 0 aliphatic carbocycles. The van der Waals surface area contributed by atoms with Gasteiger partial charge < -0.3 is 5.11 Å². The highest BCUT2D eigenvalue weighted by Crippen LogP contribution is 2.30. The highest BCUT2D eigenvalue weighted by molar-refractivity contribution is 5.99. The van der Waals surface area contributed by atoms with Crippen LogP contribution in [0.3, 0.4) is 0 Å². The molecule has 1 aliphatic heterocycles. The molecule has 1 aliphatic rings. The van der Waals surface area contributed by atoms with E-state index in [-0.39, 0.29) is 24.0 Å². The Kier molecular flexibility index (Phi) is 2.92. The molecule has 0 radical (unpaired) electrons. The van der Waals surface area contributed by atoms with Gasteiger partial charge in [0, 0.05) is 5.56 Å². The summed E-state index contributed by atoms with van der Waals surface area (Å²) in [5, 5.41) is 22.9. The average Bonchev–Trinajstić information content (AvgIpc) is 2.29. The number of carbonyl (C=O) groups excluding carboxylic acids is 1. The summed E-state index contributed by atoms with van der Waals surface area (Å²) in [5.74, 6) is -0.0461. The van der Waals surface area contributed by atoms with E-state index < -0.39 is 6.04 Å². The van der Waals surface area contributed by atoms with Crippen LogP contribution < -0.4 is 10.6 Å². The Balaban J connectivity index is 2.33. The lowest BCUT2D eigenvalue weighted by Gasteiger charge is -2.20. The van der Waals surface area contributed by atoms with Crippen molar-refractivity contribution in [3.63, 3.8) is 0 Å². The van der Waals surface area contributed by atoms with Crippen LogP contribution in [-0.4, -0.2) is 17.0 Å². The van der Waals surface area contributed by atoms with Gasteiger partial charge in [-0.05, 0) is 6.07 Å². The van der Waals surface area contributed by atoms with Crippen LogP contribution in [0.1, 0.15) is 18.0 Å². The molecule has 17 heavy (non-hydrogen) atoms. The van der Waals surface area contributed by atoms with Crippen molar-refractivity contribution in [3.05, 3.63) is 29.8 Å². The van der Waals surface area contributed by atoms with Gasteiger partial charge in [-0.1, -0.05) is 18.2 Å². The summed E-state index contributed by atoms with van der Waals surface area (Å²) in [4.78, 5) is 15.6. The fraction of sp³-hybridized carbons (Fsp3) is 0.182. The Labute approximate surface area is 97.6 Å². The third-order valence-corrected chi connectivity index (χ3v) is 2.39. The van der Waals surface area contributed by atoms with E-state index in [1.54, 1.807) is 24.4 Å². The number of phenols is 1. The third kappa shape index (κ3) is 2.34. The van der Waals surface area contributed by atoms with Gasteiger partial charge in [0.25, 0.3) is 0 Å². The van der Waals surface area contributed by atoms with Gasteiger partial charge in [-0.25, -0.2) is 4.99 Å². The van der Waals surface area contributed by atoms with Crippen LogP contribution in [0.15, 0.2) is 29.3 Å². The maximum Gasteiger partial charge on any atom is 0.229 e. The lowest BCUT2D eigenvalue weighted by atomic mass is 10.0. The molecule has 1 atom stereocenters. The van der Waals surface area contributed by atoms with Crippen molar-refractivity contribution in [2.24, 2.45) is 4.99 Å². The van der Waals surface area contributed by atoms with E-state index in [2.05, 4.69) is 15.6 Å². The average molecular weight is 230 g/mol. The smallest absolute Gasteiger partial charge is 0.229 e. The number of guanidine groups is 1. The second-order valence-electron chi connectivity index (χ2n) is 3.54. The minimum atomic E-state index is -0.471. The van der Waals surface area contributed by atoms with Crippen molar-refractivity contribution < 1.29 is 9.90 Å². The summed E-state index contributed by atoms with van der Waals surface area (Å²) in [7, 11) is 0. The number of nitrogens with zero attached hydrogens (tertiary/aromatic N) is 2. The Hall–Kier alpha value is -2.55. The normalized spacial score (nSPS) is 18.9. The molecule has 1 heterocycles. The summed E-state index contributed by atoms with van der Waals surface area (Å²) in [6, 6.07) is 6.22. The summed E-state index contributed by atoms with van der Waals surface area (Å²) in [5.41, 5.74) is 0.569. The molecular formula is C11H10N4O2. The molecule has 1 unspecified atom stereocenters. The van der Waals surface area contributed by atoms with Crippen LogP contribution in [0.25, 0.3) is 0 Å². The maximum atomic E-state index is 11.4. The Morgan fingerprint density at radius 3 is 3.00 bits per heavy atom. The van der Waals surface area contributed by atoms with E-state index >= 15 is 0 Å². The molecule has 6 nitrogen and oxygen atoms in total. The molecule has 0 saturated heterocycles. The molecule has 0 aromatic heterocycles. The molecule has 0 bridgehead atoms. The number of aromatic hydroxyl groups is 1. The zero-order valence-corrected chi connectivity index (χ0v) is 8.84.